The van der Waals surface area contributed by atoms with Crippen LogP contribution in [0.2, 0.25) is 0 Å². The molecule has 1 aliphatic carbocycles. The van der Waals surface area contributed by atoms with Crippen molar-refractivity contribution in [1.29, 1.82) is 0 Å². The minimum atomic E-state index is -0.254. The van der Waals surface area contributed by atoms with Crippen LogP contribution < -0.4 is 0 Å². The number of hydrogen-bond donors (Lipinski definition) is 0. The van der Waals surface area contributed by atoms with Gasteiger partial charge in [0.1, 0.15) is 0 Å². The molecular formula is C11H16O2. The van der Waals surface area contributed by atoms with Crippen molar-refractivity contribution in [3.8, 4) is 0 Å². The van der Waals surface area contributed by atoms with E-state index in [2.05, 4.69) is 19.9 Å². The molecule has 0 N–H and O–H groups in total. The Morgan fingerprint density at radius 2 is 2.00 bits per heavy atom. The molecule has 0 bridgehead atoms. The highest BCUT2D eigenvalue weighted by Crippen LogP contribution is 2.41. The van der Waals surface area contributed by atoms with E-state index in [4.69, 9.17) is 4.74 Å². The Bertz CT molecular complexity index is 247. The Kier molecular flexibility index (Phi) is 3.29. The van der Waals surface area contributed by atoms with Crippen LogP contribution in [-0.2, 0) is 9.53 Å². The summed E-state index contributed by atoms with van der Waals surface area (Å²) in [7, 11) is 0. The van der Waals surface area contributed by atoms with Crippen molar-refractivity contribution in [3.63, 3.8) is 0 Å². The highest BCUT2D eigenvalue weighted by molar-refractivity contribution is 5.66. The lowest BCUT2D eigenvalue weighted by atomic mass is 10.2. The highest BCUT2D eigenvalue weighted by atomic mass is 16.5. The third-order valence-electron chi connectivity index (χ3n) is 2.00. The summed E-state index contributed by atoms with van der Waals surface area (Å²) in [6.45, 7) is 5.61. The molecule has 0 aliphatic heterocycles. The standard InChI is InChI=1S/C11H16O2/c1-8(2)6-11-7-10(11)4-5-13-9(3)12/h4-6,10-11H,7H2,1-3H3/b5-4-/t10-,11-/m1/s1. The van der Waals surface area contributed by atoms with E-state index >= 15 is 0 Å². The van der Waals surface area contributed by atoms with Gasteiger partial charge in [-0.2, -0.15) is 0 Å². The van der Waals surface area contributed by atoms with Gasteiger partial charge in [0.25, 0.3) is 0 Å². The van der Waals surface area contributed by atoms with Gasteiger partial charge in [-0.15, -0.1) is 0 Å². The fraction of sp³-hybridized carbons (Fsp3) is 0.545. The van der Waals surface area contributed by atoms with Gasteiger partial charge < -0.3 is 4.74 Å². The molecule has 0 spiro atoms. The highest BCUT2D eigenvalue weighted by Gasteiger charge is 2.32. The molecule has 1 rings (SSSR count). The van der Waals surface area contributed by atoms with E-state index in [0.717, 1.165) is 0 Å². The maximum absolute atomic E-state index is 10.4. The first-order chi connectivity index (χ1) is 6.09. The third-order valence-corrected chi connectivity index (χ3v) is 2.00. The zero-order valence-electron chi connectivity index (χ0n) is 8.41. The molecule has 0 radical (unpaired) electrons. The molecule has 13 heavy (non-hydrogen) atoms. The second-order valence-electron chi connectivity index (χ2n) is 3.75. The van der Waals surface area contributed by atoms with E-state index in [1.807, 2.05) is 6.08 Å². The fourth-order valence-corrected chi connectivity index (χ4v) is 1.31. The van der Waals surface area contributed by atoms with Crippen LogP contribution in [0.1, 0.15) is 27.2 Å². The van der Waals surface area contributed by atoms with Gasteiger partial charge in [0.05, 0.1) is 6.26 Å². The van der Waals surface area contributed by atoms with Crippen LogP contribution in [0, 0.1) is 11.8 Å². The summed E-state index contributed by atoms with van der Waals surface area (Å²) in [5, 5.41) is 0. The van der Waals surface area contributed by atoms with Gasteiger partial charge in [0.15, 0.2) is 0 Å². The monoisotopic (exact) mass is 180 g/mol. The molecule has 72 valence electrons. The first-order valence-electron chi connectivity index (χ1n) is 4.58. The molecular weight excluding hydrogens is 164 g/mol. The Labute approximate surface area is 79.3 Å². The summed E-state index contributed by atoms with van der Waals surface area (Å²) in [6, 6.07) is 0. The summed E-state index contributed by atoms with van der Waals surface area (Å²) in [6.07, 6.45) is 6.92. The Hall–Kier alpha value is -1.05. The number of carbonyl (C=O) groups is 1. The number of hydrogen-bond acceptors (Lipinski definition) is 2. The first-order valence-corrected chi connectivity index (χ1v) is 4.58. The van der Waals surface area contributed by atoms with E-state index in [9.17, 15) is 4.79 Å². The summed E-state index contributed by atoms with van der Waals surface area (Å²) in [4.78, 5) is 10.4. The molecule has 2 atom stereocenters. The van der Waals surface area contributed by atoms with Crippen LogP contribution in [-0.4, -0.2) is 5.97 Å². The minimum Gasteiger partial charge on any atom is -0.435 e. The van der Waals surface area contributed by atoms with Crippen molar-refractivity contribution >= 4 is 5.97 Å². The summed E-state index contributed by atoms with van der Waals surface area (Å²) in [5.74, 6) is 0.988. The normalized spacial score (nSPS) is 25.8. The van der Waals surface area contributed by atoms with E-state index in [1.54, 1.807) is 0 Å². The van der Waals surface area contributed by atoms with Gasteiger partial charge in [-0.1, -0.05) is 11.6 Å². The van der Waals surface area contributed by atoms with Crippen LogP contribution in [0.4, 0.5) is 0 Å². The van der Waals surface area contributed by atoms with Crippen LogP contribution in [0.15, 0.2) is 24.0 Å². The fourth-order valence-electron chi connectivity index (χ4n) is 1.31. The smallest absolute Gasteiger partial charge is 0.307 e. The number of carbonyl (C=O) groups excluding carboxylic acids is 1. The Balaban J connectivity index is 2.24. The van der Waals surface area contributed by atoms with Gasteiger partial charge >= 0.3 is 5.97 Å². The summed E-state index contributed by atoms with van der Waals surface area (Å²) >= 11 is 0. The van der Waals surface area contributed by atoms with Crippen molar-refractivity contribution in [2.45, 2.75) is 27.2 Å². The second kappa shape index (κ2) is 4.26. The number of rotatable bonds is 3. The zero-order valence-corrected chi connectivity index (χ0v) is 8.41. The molecule has 2 nitrogen and oxygen atoms in total. The molecule has 0 unspecified atom stereocenters. The topological polar surface area (TPSA) is 26.3 Å². The molecule has 0 aromatic carbocycles. The molecule has 0 aromatic rings. The van der Waals surface area contributed by atoms with E-state index in [1.165, 1.54) is 25.2 Å². The molecule has 0 saturated heterocycles. The molecule has 1 aliphatic rings. The number of allylic oxidation sites excluding steroid dienone is 3. The summed E-state index contributed by atoms with van der Waals surface area (Å²) in [5.41, 5.74) is 1.35. The van der Waals surface area contributed by atoms with E-state index in [0.29, 0.717) is 11.8 Å². The van der Waals surface area contributed by atoms with Gasteiger partial charge in [-0.3, -0.25) is 4.79 Å². The predicted octanol–water partition coefficient (Wildman–Crippen LogP) is 2.67. The largest absolute Gasteiger partial charge is 0.435 e. The van der Waals surface area contributed by atoms with Crippen LogP contribution in [0.25, 0.3) is 0 Å². The molecule has 2 heteroatoms. The Morgan fingerprint density at radius 3 is 2.54 bits per heavy atom. The van der Waals surface area contributed by atoms with E-state index < -0.39 is 0 Å². The van der Waals surface area contributed by atoms with Crippen molar-refractivity contribution in [2.75, 3.05) is 0 Å². The van der Waals surface area contributed by atoms with Gasteiger partial charge in [0, 0.05) is 6.92 Å². The molecule has 0 heterocycles. The minimum absolute atomic E-state index is 0.254. The Morgan fingerprint density at radius 1 is 1.31 bits per heavy atom. The van der Waals surface area contributed by atoms with Crippen LogP contribution in [0.3, 0.4) is 0 Å². The van der Waals surface area contributed by atoms with Crippen LogP contribution in [0.5, 0.6) is 0 Å². The third kappa shape index (κ3) is 3.92. The lowest BCUT2D eigenvalue weighted by Gasteiger charge is -1.90. The number of ether oxygens (including phenoxy) is 1. The molecule has 0 aromatic heterocycles. The predicted molar refractivity (Wildman–Crippen MR) is 51.9 cm³/mol. The van der Waals surface area contributed by atoms with E-state index in [-0.39, 0.29) is 5.97 Å². The lowest BCUT2D eigenvalue weighted by Crippen LogP contribution is -1.89. The van der Waals surface area contributed by atoms with Crippen molar-refractivity contribution in [3.05, 3.63) is 24.0 Å². The maximum atomic E-state index is 10.4. The first kappa shape index (κ1) is 10.0. The van der Waals surface area contributed by atoms with Gasteiger partial charge in [-0.25, -0.2) is 0 Å². The average molecular weight is 180 g/mol. The van der Waals surface area contributed by atoms with Crippen LogP contribution >= 0.6 is 0 Å². The molecule has 1 fully saturated rings. The van der Waals surface area contributed by atoms with Gasteiger partial charge in [-0.05, 0) is 38.2 Å². The average Bonchev–Trinajstić information content (AvgIpc) is 2.65. The van der Waals surface area contributed by atoms with Gasteiger partial charge in [0.2, 0.25) is 0 Å². The van der Waals surface area contributed by atoms with Crippen molar-refractivity contribution < 1.29 is 9.53 Å². The maximum Gasteiger partial charge on any atom is 0.307 e. The SMILES string of the molecule is CC(=O)O/C=C\[C@@H]1C[C@H]1C=C(C)C. The van der Waals surface area contributed by atoms with Crippen molar-refractivity contribution in [2.24, 2.45) is 11.8 Å². The zero-order chi connectivity index (χ0) is 9.84. The second-order valence-corrected chi connectivity index (χ2v) is 3.75. The summed E-state index contributed by atoms with van der Waals surface area (Å²) < 4.78 is 4.71. The quantitative estimate of drug-likeness (QED) is 0.379. The lowest BCUT2D eigenvalue weighted by molar-refractivity contribution is -0.135. The molecule has 1 saturated carbocycles. The van der Waals surface area contributed by atoms with Crippen molar-refractivity contribution in [1.82, 2.24) is 0 Å². The molecule has 0 amide bonds. The number of esters is 1.